The molecule has 6 nitrogen and oxygen atoms in total. The van der Waals surface area contributed by atoms with Crippen molar-refractivity contribution in [1.82, 2.24) is 5.16 Å². The molecule has 2 aromatic rings. The number of aromatic nitrogens is 2. The van der Waals surface area contributed by atoms with Crippen LogP contribution in [0, 0.1) is 5.21 Å². The van der Waals surface area contributed by atoms with Crippen LogP contribution in [-0.4, -0.2) is 19.4 Å². The molecule has 0 amide bonds. The van der Waals surface area contributed by atoms with Crippen molar-refractivity contribution in [3.8, 4) is 11.5 Å². The first-order chi connectivity index (χ1) is 6.77. The smallest absolute Gasteiger partial charge is 0.271 e. The van der Waals surface area contributed by atoms with Gasteiger partial charge in [0.2, 0.25) is 5.75 Å². The van der Waals surface area contributed by atoms with Gasteiger partial charge in [0.05, 0.1) is 14.2 Å². The average molecular weight is 196 g/mol. The van der Waals surface area contributed by atoms with E-state index in [-0.39, 0.29) is 10.4 Å². The third kappa shape index (κ3) is 1.04. The molecule has 0 aliphatic heterocycles. The van der Waals surface area contributed by atoms with Gasteiger partial charge in [0, 0.05) is 11.2 Å². The van der Waals surface area contributed by atoms with E-state index in [1.165, 1.54) is 14.2 Å². The molecular formula is C8H8N2O4. The van der Waals surface area contributed by atoms with Gasteiger partial charge in [-0.05, 0) is 11.0 Å². The fourth-order valence-corrected chi connectivity index (χ4v) is 1.27. The van der Waals surface area contributed by atoms with Crippen LogP contribution in [-0.2, 0) is 0 Å². The standard InChI is InChI=1S/C8H8N2O4/c1-12-6-4-3-5-7(8(6)13-2)10(11)14-9-5/h3-4H,1-2H3. The first-order valence-electron chi connectivity index (χ1n) is 3.88. The summed E-state index contributed by atoms with van der Waals surface area (Å²) in [6, 6.07) is 3.28. The van der Waals surface area contributed by atoms with E-state index in [9.17, 15) is 5.21 Å². The van der Waals surface area contributed by atoms with E-state index in [1.807, 2.05) is 0 Å². The van der Waals surface area contributed by atoms with E-state index in [1.54, 1.807) is 12.1 Å². The Morgan fingerprint density at radius 1 is 1.36 bits per heavy atom. The fourth-order valence-electron chi connectivity index (χ4n) is 1.27. The van der Waals surface area contributed by atoms with Gasteiger partial charge in [0.1, 0.15) is 0 Å². The maximum atomic E-state index is 11.2. The second kappa shape index (κ2) is 3.06. The van der Waals surface area contributed by atoms with Crippen LogP contribution >= 0.6 is 0 Å². The van der Waals surface area contributed by atoms with Crippen molar-refractivity contribution in [1.29, 1.82) is 0 Å². The molecule has 0 aliphatic rings. The zero-order valence-electron chi connectivity index (χ0n) is 7.68. The minimum absolute atomic E-state index is 0.229. The van der Waals surface area contributed by atoms with Gasteiger partial charge in [-0.25, -0.2) is 0 Å². The number of benzene rings is 1. The van der Waals surface area contributed by atoms with Gasteiger partial charge >= 0.3 is 0 Å². The van der Waals surface area contributed by atoms with Crippen LogP contribution in [0.25, 0.3) is 11.0 Å². The maximum absolute atomic E-state index is 11.2. The Hall–Kier alpha value is -1.98. The fraction of sp³-hybridized carbons (Fsp3) is 0.250. The lowest BCUT2D eigenvalue weighted by Gasteiger charge is -2.05. The van der Waals surface area contributed by atoms with Gasteiger partial charge in [0.25, 0.3) is 11.0 Å². The van der Waals surface area contributed by atoms with Crippen molar-refractivity contribution in [3.63, 3.8) is 0 Å². The number of rotatable bonds is 2. The highest BCUT2D eigenvalue weighted by atomic mass is 16.8. The summed E-state index contributed by atoms with van der Waals surface area (Å²) in [6.07, 6.45) is 0. The molecule has 0 aliphatic carbocycles. The number of ether oxygens (including phenoxy) is 2. The Morgan fingerprint density at radius 3 is 2.79 bits per heavy atom. The van der Waals surface area contributed by atoms with E-state index in [4.69, 9.17) is 9.47 Å². The summed E-state index contributed by atoms with van der Waals surface area (Å²) in [6.45, 7) is 0. The molecule has 1 aromatic heterocycles. The normalized spacial score (nSPS) is 10.4. The molecule has 0 unspecified atom stereocenters. The summed E-state index contributed by atoms with van der Waals surface area (Å²) in [7, 11) is 2.94. The second-order valence-corrected chi connectivity index (χ2v) is 2.60. The highest BCUT2D eigenvalue weighted by molar-refractivity contribution is 5.80. The summed E-state index contributed by atoms with van der Waals surface area (Å²) in [5, 5.41) is 14.7. The molecule has 0 saturated heterocycles. The minimum atomic E-state index is 0.229. The van der Waals surface area contributed by atoms with Crippen LogP contribution in [0.15, 0.2) is 16.8 Å². The van der Waals surface area contributed by atoms with E-state index in [0.717, 1.165) is 0 Å². The largest absolute Gasteiger partial charge is 0.493 e. The first kappa shape index (κ1) is 8.61. The number of hydrogen-bond donors (Lipinski definition) is 0. The van der Waals surface area contributed by atoms with Crippen LogP contribution in [0.2, 0.25) is 0 Å². The van der Waals surface area contributed by atoms with E-state index >= 15 is 0 Å². The molecule has 0 N–H and O–H groups in total. The Morgan fingerprint density at radius 2 is 2.14 bits per heavy atom. The Bertz CT molecular complexity index is 466. The number of nitrogens with zero attached hydrogens (tertiary/aromatic N) is 2. The maximum Gasteiger partial charge on any atom is 0.271 e. The summed E-state index contributed by atoms with van der Waals surface area (Å²) in [5.41, 5.74) is 0.657. The Labute approximate surface area is 79.2 Å². The molecule has 0 spiro atoms. The monoisotopic (exact) mass is 196 g/mol. The molecule has 0 fully saturated rings. The SMILES string of the molecule is COc1ccc2no[n+]([O-])c2c1OC. The van der Waals surface area contributed by atoms with Gasteiger partial charge < -0.3 is 14.7 Å². The van der Waals surface area contributed by atoms with Crippen LogP contribution in [0.3, 0.4) is 0 Å². The first-order valence-corrected chi connectivity index (χ1v) is 3.88. The number of hydrogen-bond acceptors (Lipinski definition) is 5. The molecule has 0 atom stereocenters. The quantitative estimate of drug-likeness (QED) is 0.653. The van der Waals surface area contributed by atoms with Crippen molar-refractivity contribution >= 4 is 11.0 Å². The zero-order chi connectivity index (χ0) is 10.1. The van der Waals surface area contributed by atoms with Crippen molar-refractivity contribution < 1.29 is 19.0 Å². The van der Waals surface area contributed by atoms with Crippen molar-refractivity contribution in [3.05, 3.63) is 17.3 Å². The minimum Gasteiger partial charge on any atom is -0.493 e. The second-order valence-electron chi connectivity index (χ2n) is 2.60. The average Bonchev–Trinajstić information content (AvgIpc) is 2.59. The van der Waals surface area contributed by atoms with Gasteiger partial charge in [-0.2, -0.15) is 0 Å². The number of fused-ring (bicyclic) bond motifs is 1. The van der Waals surface area contributed by atoms with E-state index in [2.05, 4.69) is 9.79 Å². The van der Waals surface area contributed by atoms with Gasteiger partial charge in [-0.15, -0.1) is 0 Å². The zero-order valence-corrected chi connectivity index (χ0v) is 7.68. The molecule has 0 bridgehead atoms. The van der Waals surface area contributed by atoms with Gasteiger partial charge in [-0.1, -0.05) is 0 Å². The lowest BCUT2D eigenvalue weighted by molar-refractivity contribution is -0.782. The van der Waals surface area contributed by atoms with Crippen LogP contribution < -0.4 is 14.4 Å². The van der Waals surface area contributed by atoms with Crippen molar-refractivity contribution in [2.45, 2.75) is 0 Å². The van der Waals surface area contributed by atoms with E-state index in [0.29, 0.717) is 17.0 Å². The summed E-state index contributed by atoms with van der Waals surface area (Å²) >= 11 is 0. The molecule has 1 aromatic carbocycles. The van der Waals surface area contributed by atoms with Gasteiger partial charge in [0.15, 0.2) is 5.75 Å². The van der Waals surface area contributed by atoms with Crippen LogP contribution in [0.1, 0.15) is 0 Å². The molecule has 0 saturated carbocycles. The molecule has 1 heterocycles. The van der Waals surface area contributed by atoms with Crippen molar-refractivity contribution in [2.24, 2.45) is 0 Å². The summed E-state index contributed by atoms with van der Waals surface area (Å²) < 4.78 is 14.5. The lowest BCUT2D eigenvalue weighted by Crippen LogP contribution is -2.23. The summed E-state index contributed by atoms with van der Waals surface area (Å²) in [5.74, 6) is 0.786. The summed E-state index contributed by atoms with van der Waals surface area (Å²) in [4.78, 5) is 0.288. The lowest BCUT2D eigenvalue weighted by atomic mass is 10.2. The predicted molar refractivity (Wildman–Crippen MR) is 46.1 cm³/mol. The van der Waals surface area contributed by atoms with Crippen LogP contribution in [0.4, 0.5) is 0 Å². The van der Waals surface area contributed by atoms with Crippen LogP contribution in [0.5, 0.6) is 11.5 Å². The number of methoxy groups -OCH3 is 2. The highest BCUT2D eigenvalue weighted by Gasteiger charge is 2.19. The Kier molecular flexibility index (Phi) is 1.88. The molecule has 74 valence electrons. The van der Waals surface area contributed by atoms with E-state index < -0.39 is 0 Å². The predicted octanol–water partition coefficient (Wildman–Crippen LogP) is 0.478. The molecule has 2 rings (SSSR count). The third-order valence-corrected chi connectivity index (χ3v) is 1.89. The molecule has 0 radical (unpaired) electrons. The molecule has 14 heavy (non-hydrogen) atoms. The third-order valence-electron chi connectivity index (χ3n) is 1.89. The Balaban J connectivity index is 2.81. The molecular weight excluding hydrogens is 188 g/mol. The highest BCUT2D eigenvalue weighted by Crippen LogP contribution is 2.32. The van der Waals surface area contributed by atoms with Gasteiger partial charge in [-0.3, -0.25) is 4.63 Å². The van der Waals surface area contributed by atoms with Crippen molar-refractivity contribution in [2.75, 3.05) is 14.2 Å². The molecule has 6 heteroatoms. The topological polar surface area (TPSA) is 71.4 Å².